The maximum Gasteiger partial charge on any atom is 0.391 e. The molecular weight excluding hydrogens is 317 g/mol. The maximum absolute atomic E-state index is 12.6. The van der Waals surface area contributed by atoms with E-state index in [9.17, 15) is 18.0 Å². The van der Waals surface area contributed by atoms with Crippen LogP contribution in [0, 0.1) is 12.8 Å². The molecule has 122 valence electrons. The highest BCUT2D eigenvalue weighted by atomic mass is 35.5. The summed E-state index contributed by atoms with van der Waals surface area (Å²) in [5.41, 5.74) is 1.45. The summed E-state index contributed by atoms with van der Waals surface area (Å²) in [6.45, 7) is 1.85. The Hall–Kier alpha value is -1.43. The lowest BCUT2D eigenvalue weighted by atomic mass is 9.86. The first-order valence-corrected chi connectivity index (χ1v) is 7.54. The van der Waals surface area contributed by atoms with Crippen molar-refractivity contribution in [2.45, 2.75) is 44.8 Å². The molecule has 0 atom stereocenters. The minimum Gasteiger partial charge on any atom is -0.335 e. The number of aryl methyl sites for hydroxylation is 1. The average molecular weight is 335 g/mol. The summed E-state index contributed by atoms with van der Waals surface area (Å²) in [7, 11) is 0. The third kappa shape index (κ3) is 4.53. The van der Waals surface area contributed by atoms with Crippen molar-refractivity contribution in [3.63, 3.8) is 0 Å². The smallest absolute Gasteiger partial charge is 0.335 e. The zero-order valence-corrected chi connectivity index (χ0v) is 12.9. The minimum atomic E-state index is -4.13. The molecule has 0 aromatic heterocycles. The number of benzene rings is 1. The number of hydrogen-bond acceptors (Lipinski definition) is 1. The number of hydrogen-bond donors (Lipinski definition) is 2. The van der Waals surface area contributed by atoms with Gasteiger partial charge in [0.05, 0.1) is 5.92 Å². The number of carbonyl (C=O) groups is 1. The van der Waals surface area contributed by atoms with Crippen LogP contribution in [0.5, 0.6) is 0 Å². The molecule has 1 aromatic carbocycles. The molecule has 0 aliphatic heterocycles. The monoisotopic (exact) mass is 334 g/mol. The van der Waals surface area contributed by atoms with Crippen LogP contribution in [0.1, 0.15) is 31.2 Å². The van der Waals surface area contributed by atoms with Gasteiger partial charge in [-0.3, -0.25) is 0 Å². The van der Waals surface area contributed by atoms with Gasteiger partial charge >= 0.3 is 12.2 Å². The van der Waals surface area contributed by atoms with Crippen LogP contribution >= 0.6 is 11.6 Å². The van der Waals surface area contributed by atoms with Crippen molar-refractivity contribution in [3.8, 4) is 0 Å². The Morgan fingerprint density at radius 3 is 2.41 bits per heavy atom. The standard InChI is InChI=1S/C15H18ClF3N2O/c1-9-2-5-12(8-13(9)16)21-14(22)20-11-6-3-10(4-7-11)15(17,18)19/h2,5,8,10-11H,3-4,6-7H2,1H3,(H2,20,21,22). The van der Waals surface area contributed by atoms with Gasteiger partial charge in [-0.2, -0.15) is 13.2 Å². The van der Waals surface area contributed by atoms with Crippen LogP contribution in [0.3, 0.4) is 0 Å². The van der Waals surface area contributed by atoms with Gasteiger partial charge in [0.25, 0.3) is 0 Å². The van der Waals surface area contributed by atoms with Crippen molar-refractivity contribution in [2.24, 2.45) is 5.92 Å². The Kier molecular flexibility index (Phi) is 5.21. The van der Waals surface area contributed by atoms with Gasteiger partial charge in [-0.25, -0.2) is 4.79 Å². The lowest BCUT2D eigenvalue weighted by Gasteiger charge is -2.30. The molecule has 1 saturated carbocycles. The summed E-state index contributed by atoms with van der Waals surface area (Å²) < 4.78 is 37.7. The Bertz CT molecular complexity index is 540. The van der Waals surface area contributed by atoms with E-state index in [2.05, 4.69) is 10.6 Å². The molecule has 2 N–H and O–H groups in total. The molecule has 1 aliphatic carbocycles. The number of urea groups is 1. The Balaban J connectivity index is 1.82. The first-order valence-electron chi connectivity index (χ1n) is 7.16. The van der Waals surface area contributed by atoms with Crippen molar-refractivity contribution in [1.29, 1.82) is 0 Å². The van der Waals surface area contributed by atoms with E-state index in [-0.39, 0.29) is 18.9 Å². The first-order chi connectivity index (χ1) is 10.3. The van der Waals surface area contributed by atoms with E-state index < -0.39 is 18.1 Å². The zero-order chi connectivity index (χ0) is 16.3. The molecular formula is C15H18ClF3N2O. The van der Waals surface area contributed by atoms with Crippen LogP contribution in [0.25, 0.3) is 0 Å². The Morgan fingerprint density at radius 1 is 1.23 bits per heavy atom. The molecule has 7 heteroatoms. The number of rotatable bonds is 2. The molecule has 0 saturated heterocycles. The highest BCUT2D eigenvalue weighted by Crippen LogP contribution is 2.37. The largest absolute Gasteiger partial charge is 0.391 e. The summed E-state index contributed by atoms with van der Waals surface area (Å²) in [6.07, 6.45) is -3.33. The van der Waals surface area contributed by atoms with Gasteiger partial charge in [0, 0.05) is 16.8 Å². The number of carbonyl (C=O) groups excluding carboxylic acids is 1. The predicted molar refractivity (Wildman–Crippen MR) is 80.1 cm³/mol. The topological polar surface area (TPSA) is 41.1 Å². The van der Waals surface area contributed by atoms with Gasteiger partial charge < -0.3 is 10.6 Å². The molecule has 22 heavy (non-hydrogen) atoms. The zero-order valence-electron chi connectivity index (χ0n) is 12.1. The normalized spacial score (nSPS) is 22.2. The third-order valence-corrected chi connectivity index (χ3v) is 4.36. The summed E-state index contributed by atoms with van der Waals surface area (Å²) >= 11 is 5.97. The molecule has 0 unspecified atom stereocenters. The van der Waals surface area contributed by atoms with Crippen molar-refractivity contribution in [2.75, 3.05) is 5.32 Å². The molecule has 3 nitrogen and oxygen atoms in total. The maximum atomic E-state index is 12.6. The number of amides is 2. The molecule has 1 aliphatic rings. The molecule has 0 radical (unpaired) electrons. The number of nitrogens with one attached hydrogen (secondary N) is 2. The molecule has 0 spiro atoms. The second kappa shape index (κ2) is 6.77. The third-order valence-electron chi connectivity index (χ3n) is 3.96. The number of anilines is 1. The van der Waals surface area contributed by atoms with E-state index in [1.54, 1.807) is 18.2 Å². The van der Waals surface area contributed by atoms with Gasteiger partial charge in [-0.05, 0) is 50.3 Å². The number of halogens is 4. The van der Waals surface area contributed by atoms with Crippen molar-refractivity contribution < 1.29 is 18.0 Å². The van der Waals surface area contributed by atoms with Crippen LogP contribution in [-0.2, 0) is 0 Å². The van der Waals surface area contributed by atoms with Gasteiger partial charge in [0.2, 0.25) is 0 Å². The van der Waals surface area contributed by atoms with Gasteiger partial charge in [-0.15, -0.1) is 0 Å². The fourth-order valence-electron chi connectivity index (χ4n) is 2.59. The molecule has 0 heterocycles. The van der Waals surface area contributed by atoms with Crippen LogP contribution in [0.4, 0.5) is 23.7 Å². The average Bonchev–Trinajstić information content (AvgIpc) is 2.42. The lowest BCUT2D eigenvalue weighted by molar-refractivity contribution is -0.182. The van der Waals surface area contributed by atoms with Crippen LogP contribution in [0.15, 0.2) is 18.2 Å². The minimum absolute atomic E-state index is 0.0603. The fraction of sp³-hybridized carbons (Fsp3) is 0.533. The molecule has 2 rings (SSSR count). The number of alkyl halides is 3. The first kappa shape index (κ1) is 16.9. The summed E-state index contributed by atoms with van der Waals surface area (Å²) in [4.78, 5) is 11.9. The SMILES string of the molecule is Cc1ccc(NC(=O)NC2CCC(C(F)(F)F)CC2)cc1Cl. The summed E-state index contributed by atoms with van der Waals surface area (Å²) in [5.74, 6) is -1.25. The van der Waals surface area contributed by atoms with Gasteiger partial charge in [0.15, 0.2) is 0 Å². The molecule has 1 aromatic rings. The predicted octanol–water partition coefficient (Wildman–Crippen LogP) is 4.89. The fourth-order valence-corrected chi connectivity index (χ4v) is 2.77. The van der Waals surface area contributed by atoms with E-state index in [0.29, 0.717) is 23.6 Å². The highest BCUT2D eigenvalue weighted by Gasteiger charge is 2.41. The molecule has 0 bridgehead atoms. The van der Waals surface area contributed by atoms with Crippen LogP contribution < -0.4 is 10.6 Å². The van der Waals surface area contributed by atoms with Crippen molar-refractivity contribution >= 4 is 23.3 Å². The van der Waals surface area contributed by atoms with E-state index in [0.717, 1.165) is 5.56 Å². The summed E-state index contributed by atoms with van der Waals surface area (Å²) in [5, 5.41) is 5.90. The molecule has 2 amide bonds. The van der Waals surface area contributed by atoms with E-state index in [1.165, 1.54) is 0 Å². The van der Waals surface area contributed by atoms with Gasteiger partial charge in [0.1, 0.15) is 0 Å². The second-order valence-corrected chi connectivity index (χ2v) is 6.06. The second-order valence-electron chi connectivity index (χ2n) is 5.65. The Labute approximate surface area is 132 Å². The van der Waals surface area contributed by atoms with Crippen LogP contribution in [0.2, 0.25) is 5.02 Å². The molecule has 1 fully saturated rings. The highest BCUT2D eigenvalue weighted by molar-refractivity contribution is 6.31. The van der Waals surface area contributed by atoms with E-state index in [4.69, 9.17) is 11.6 Å². The Morgan fingerprint density at radius 2 is 1.86 bits per heavy atom. The van der Waals surface area contributed by atoms with Crippen molar-refractivity contribution in [3.05, 3.63) is 28.8 Å². The summed E-state index contributed by atoms with van der Waals surface area (Å²) in [6, 6.07) is 4.50. The van der Waals surface area contributed by atoms with Crippen LogP contribution in [-0.4, -0.2) is 18.2 Å². The van der Waals surface area contributed by atoms with Gasteiger partial charge in [-0.1, -0.05) is 17.7 Å². The van der Waals surface area contributed by atoms with E-state index >= 15 is 0 Å². The quantitative estimate of drug-likeness (QED) is 0.794. The lowest BCUT2D eigenvalue weighted by Crippen LogP contribution is -2.41. The van der Waals surface area contributed by atoms with Crippen molar-refractivity contribution in [1.82, 2.24) is 5.32 Å². The van der Waals surface area contributed by atoms with E-state index in [1.807, 2.05) is 6.92 Å².